The molecule has 7 rings (SSSR count). The average molecular weight is 285 g/mol. The van der Waals surface area contributed by atoms with Gasteiger partial charge in [0.25, 0.3) is 0 Å². The van der Waals surface area contributed by atoms with Crippen LogP contribution in [0.3, 0.4) is 0 Å². The molecule has 6 saturated carbocycles. The van der Waals surface area contributed by atoms with Crippen LogP contribution in [-0.2, 0) is 9.47 Å². The number of aliphatic hydroxyl groups is 1. The van der Waals surface area contributed by atoms with Crippen molar-refractivity contribution >= 4 is 15.9 Å². The van der Waals surface area contributed by atoms with E-state index in [1.165, 1.54) is 0 Å². The lowest BCUT2D eigenvalue weighted by atomic mass is 9.13. The van der Waals surface area contributed by atoms with Gasteiger partial charge in [-0.15, -0.1) is 0 Å². The molecule has 1 spiro atoms. The monoisotopic (exact) mass is 284 g/mol. The van der Waals surface area contributed by atoms with E-state index in [0.717, 1.165) is 31.0 Å². The third-order valence-electron chi connectivity index (χ3n) is 7.12. The van der Waals surface area contributed by atoms with Crippen LogP contribution in [0.1, 0.15) is 0 Å². The van der Waals surface area contributed by atoms with E-state index in [0.29, 0.717) is 29.8 Å². The van der Waals surface area contributed by atoms with Crippen LogP contribution in [0.5, 0.6) is 0 Å². The van der Waals surface area contributed by atoms with Gasteiger partial charge in [-0.3, -0.25) is 0 Å². The fourth-order valence-corrected chi connectivity index (χ4v) is 8.79. The van der Waals surface area contributed by atoms with Gasteiger partial charge in [-0.25, -0.2) is 0 Å². The first-order chi connectivity index (χ1) is 7.75. The van der Waals surface area contributed by atoms with E-state index >= 15 is 0 Å². The van der Waals surface area contributed by atoms with Crippen molar-refractivity contribution < 1.29 is 14.6 Å². The largest absolute Gasteiger partial charge is 0.396 e. The Kier molecular flexibility index (Phi) is 0.979. The van der Waals surface area contributed by atoms with Crippen LogP contribution in [0.15, 0.2) is 0 Å². The maximum atomic E-state index is 9.66. The molecular weight excluding hydrogens is 272 g/mol. The SMILES string of the molecule is OCC12C3C4C1C1C2C3C1(Br)C41OCCO1. The fraction of sp³-hybridized carbons (Fsp3) is 1.00. The standard InChI is InChI=1S/C12H13BrO3/c13-11-7-4-8(11)6-9(5(7)10(4,6)3-14)12(11)15-1-2-16-12/h4-9,14H,1-3H2. The van der Waals surface area contributed by atoms with E-state index in [9.17, 15) is 5.11 Å². The maximum absolute atomic E-state index is 9.66. The molecule has 2 bridgehead atoms. The lowest BCUT2D eigenvalue weighted by Gasteiger charge is -2.91. The number of ether oxygens (including phenoxy) is 2. The van der Waals surface area contributed by atoms with E-state index in [1.807, 2.05) is 0 Å². The average Bonchev–Trinajstić information content (AvgIpc) is 2.80. The number of hydrogen-bond acceptors (Lipinski definition) is 3. The van der Waals surface area contributed by atoms with E-state index in [-0.39, 0.29) is 10.1 Å². The lowest BCUT2D eigenvalue weighted by molar-refractivity contribution is -0.446. The topological polar surface area (TPSA) is 38.7 Å². The summed E-state index contributed by atoms with van der Waals surface area (Å²) < 4.78 is 12.2. The zero-order valence-corrected chi connectivity index (χ0v) is 10.3. The van der Waals surface area contributed by atoms with Gasteiger partial charge in [0.2, 0.25) is 0 Å². The Labute approximate surface area is 102 Å². The number of hydrogen-bond donors (Lipinski definition) is 1. The minimum atomic E-state index is -0.302. The molecule has 0 aromatic rings. The van der Waals surface area contributed by atoms with Gasteiger partial charge in [0.1, 0.15) is 0 Å². The first kappa shape index (κ1) is 8.46. The number of aliphatic hydroxyl groups excluding tert-OH is 1. The second kappa shape index (κ2) is 1.85. The Morgan fingerprint density at radius 1 is 1.00 bits per heavy atom. The van der Waals surface area contributed by atoms with Crippen LogP contribution < -0.4 is 0 Å². The summed E-state index contributed by atoms with van der Waals surface area (Å²) in [6.45, 7) is 1.90. The van der Waals surface area contributed by atoms with Crippen molar-refractivity contribution in [2.24, 2.45) is 40.9 Å². The zero-order valence-electron chi connectivity index (χ0n) is 8.73. The van der Waals surface area contributed by atoms with Crippen LogP contribution in [0, 0.1) is 40.9 Å². The number of alkyl halides is 1. The normalized spacial score (nSPS) is 77.6. The predicted octanol–water partition coefficient (Wildman–Crippen LogP) is 0.607. The van der Waals surface area contributed by atoms with Gasteiger partial charge in [0.15, 0.2) is 5.79 Å². The summed E-state index contributed by atoms with van der Waals surface area (Å²) >= 11 is 4.00. The molecule has 1 heterocycles. The first-order valence-corrected chi connectivity index (χ1v) is 7.12. The van der Waals surface area contributed by atoms with Gasteiger partial charge < -0.3 is 14.6 Å². The van der Waals surface area contributed by atoms with Crippen LogP contribution >= 0.6 is 15.9 Å². The molecule has 0 radical (unpaired) electrons. The molecule has 0 aromatic heterocycles. The Balaban J connectivity index is 1.60. The molecule has 3 nitrogen and oxygen atoms in total. The van der Waals surface area contributed by atoms with Crippen LogP contribution in [0.25, 0.3) is 0 Å². The van der Waals surface area contributed by atoms with Gasteiger partial charge in [-0.2, -0.15) is 0 Å². The molecule has 4 atom stereocenters. The molecule has 7 fully saturated rings. The van der Waals surface area contributed by atoms with Gasteiger partial charge in [-0.1, -0.05) is 15.9 Å². The second-order valence-corrected chi connectivity index (χ2v) is 7.87. The third kappa shape index (κ3) is 0.387. The lowest BCUT2D eigenvalue weighted by Crippen LogP contribution is -2.93. The Bertz CT molecular complexity index is 424. The summed E-state index contributed by atoms with van der Waals surface area (Å²) in [5.41, 5.74) is 0.316. The summed E-state index contributed by atoms with van der Waals surface area (Å²) in [5, 5.41) is 9.66. The highest BCUT2D eigenvalue weighted by Crippen LogP contribution is 3.04. The molecule has 0 amide bonds. The molecule has 1 aliphatic heterocycles. The molecular formula is C12H13BrO3. The number of halogens is 1. The van der Waals surface area contributed by atoms with Crippen molar-refractivity contribution in [1.82, 2.24) is 0 Å². The second-order valence-electron chi connectivity index (χ2n) is 6.56. The molecule has 7 aliphatic rings. The Morgan fingerprint density at radius 3 is 2.12 bits per heavy atom. The van der Waals surface area contributed by atoms with Gasteiger partial charge >= 0.3 is 0 Å². The highest BCUT2D eigenvalue weighted by Gasteiger charge is 3.08. The molecule has 86 valence electrons. The first-order valence-electron chi connectivity index (χ1n) is 6.33. The maximum Gasteiger partial charge on any atom is 0.187 e. The van der Waals surface area contributed by atoms with Crippen molar-refractivity contribution in [3.8, 4) is 0 Å². The molecule has 4 unspecified atom stereocenters. The Hall–Kier alpha value is 0.360. The van der Waals surface area contributed by atoms with E-state index in [2.05, 4.69) is 15.9 Å². The van der Waals surface area contributed by atoms with E-state index < -0.39 is 0 Å². The molecule has 1 saturated heterocycles. The van der Waals surface area contributed by atoms with Crippen molar-refractivity contribution in [1.29, 1.82) is 0 Å². The summed E-state index contributed by atoms with van der Waals surface area (Å²) in [5.74, 6) is 3.92. The van der Waals surface area contributed by atoms with Crippen molar-refractivity contribution in [2.45, 2.75) is 10.1 Å². The molecule has 0 aromatic carbocycles. The zero-order chi connectivity index (χ0) is 10.5. The summed E-state index contributed by atoms with van der Waals surface area (Å²) in [4.78, 5) is 0. The highest BCUT2D eigenvalue weighted by atomic mass is 79.9. The fourth-order valence-electron chi connectivity index (χ4n) is 7.16. The van der Waals surface area contributed by atoms with Crippen molar-refractivity contribution in [3.63, 3.8) is 0 Å². The highest BCUT2D eigenvalue weighted by molar-refractivity contribution is 9.10. The minimum Gasteiger partial charge on any atom is -0.396 e. The van der Waals surface area contributed by atoms with Gasteiger partial charge in [0, 0.05) is 17.9 Å². The van der Waals surface area contributed by atoms with Gasteiger partial charge in [0.05, 0.1) is 17.5 Å². The quantitative estimate of drug-likeness (QED) is 0.717. The third-order valence-corrected chi connectivity index (χ3v) is 8.73. The summed E-state index contributed by atoms with van der Waals surface area (Å²) in [6.07, 6.45) is 0. The van der Waals surface area contributed by atoms with Crippen LogP contribution in [0.4, 0.5) is 0 Å². The number of rotatable bonds is 1. The summed E-state index contributed by atoms with van der Waals surface area (Å²) in [6, 6.07) is 0. The molecule has 1 N–H and O–H groups in total. The Morgan fingerprint density at radius 2 is 1.56 bits per heavy atom. The van der Waals surface area contributed by atoms with Crippen LogP contribution in [0.2, 0.25) is 0 Å². The van der Waals surface area contributed by atoms with Crippen LogP contribution in [-0.4, -0.2) is 35.0 Å². The van der Waals surface area contributed by atoms with E-state index in [1.54, 1.807) is 0 Å². The van der Waals surface area contributed by atoms with E-state index in [4.69, 9.17) is 9.47 Å². The molecule has 4 heteroatoms. The van der Waals surface area contributed by atoms with Gasteiger partial charge in [-0.05, 0) is 29.6 Å². The van der Waals surface area contributed by atoms with Crippen molar-refractivity contribution in [2.75, 3.05) is 19.8 Å². The summed E-state index contributed by atoms with van der Waals surface area (Å²) in [7, 11) is 0. The van der Waals surface area contributed by atoms with Crippen molar-refractivity contribution in [3.05, 3.63) is 0 Å². The minimum absolute atomic E-state index is 0.123. The smallest absolute Gasteiger partial charge is 0.187 e. The molecule has 6 aliphatic carbocycles. The molecule has 16 heavy (non-hydrogen) atoms. The predicted molar refractivity (Wildman–Crippen MR) is 56.8 cm³/mol.